The highest BCUT2D eigenvalue weighted by atomic mass is 16.2. The third-order valence-electron chi connectivity index (χ3n) is 4.30. The molecule has 3 heterocycles. The Morgan fingerprint density at radius 2 is 2.08 bits per heavy atom. The fraction of sp³-hybridized carbons (Fsp3) is 0.250. The summed E-state index contributed by atoms with van der Waals surface area (Å²) in [5, 5.41) is 11.2. The van der Waals surface area contributed by atoms with Gasteiger partial charge in [-0.05, 0) is 22.4 Å². The number of aromatic amines is 1. The number of aromatic nitrogens is 6. The Kier molecular flexibility index (Phi) is 3.81. The number of hydrogen-bond acceptors (Lipinski definition) is 6. The van der Waals surface area contributed by atoms with Crippen LogP contribution in [0.5, 0.6) is 0 Å². The summed E-state index contributed by atoms with van der Waals surface area (Å²) in [4.78, 5) is 33.5. The first kappa shape index (κ1) is 15.2. The van der Waals surface area contributed by atoms with Crippen molar-refractivity contribution in [1.29, 1.82) is 0 Å². The van der Waals surface area contributed by atoms with Gasteiger partial charge in [0.25, 0.3) is 11.5 Å². The lowest BCUT2D eigenvalue weighted by Crippen LogP contribution is -2.43. The molecule has 0 fully saturated rings. The third kappa shape index (κ3) is 2.80. The summed E-state index contributed by atoms with van der Waals surface area (Å²) >= 11 is 0. The highest BCUT2D eigenvalue weighted by molar-refractivity contribution is 5.83. The summed E-state index contributed by atoms with van der Waals surface area (Å²) in [7, 11) is 0. The van der Waals surface area contributed by atoms with E-state index < -0.39 is 6.04 Å². The van der Waals surface area contributed by atoms with Crippen molar-refractivity contribution in [3.63, 3.8) is 0 Å². The molecule has 2 aromatic heterocycles. The Morgan fingerprint density at radius 3 is 2.84 bits per heavy atom. The summed E-state index contributed by atoms with van der Waals surface area (Å²) < 4.78 is 1.44. The first-order valence-electron chi connectivity index (χ1n) is 7.85. The van der Waals surface area contributed by atoms with Crippen molar-refractivity contribution in [2.75, 3.05) is 6.54 Å². The first-order valence-corrected chi connectivity index (χ1v) is 7.85. The number of nitrogens with one attached hydrogen (secondary N) is 1. The van der Waals surface area contributed by atoms with E-state index in [1.807, 2.05) is 30.3 Å². The van der Waals surface area contributed by atoms with Gasteiger partial charge in [0.05, 0.1) is 18.6 Å². The van der Waals surface area contributed by atoms with Gasteiger partial charge in [-0.15, -0.1) is 5.10 Å². The number of rotatable bonds is 3. The maximum absolute atomic E-state index is 13.2. The van der Waals surface area contributed by atoms with E-state index in [1.54, 1.807) is 4.90 Å². The van der Waals surface area contributed by atoms with Crippen molar-refractivity contribution < 1.29 is 4.79 Å². The molecular weight excluding hydrogens is 322 g/mol. The molecule has 0 saturated heterocycles. The van der Waals surface area contributed by atoms with Gasteiger partial charge in [-0.3, -0.25) is 9.59 Å². The van der Waals surface area contributed by atoms with E-state index in [4.69, 9.17) is 0 Å². The fourth-order valence-electron chi connectivity index (χ4n) is 3.06. The lowest BCUT2D eigenvalue weighted by atomic mass is 10.0. The van der Waals surface area contributed by atoms with Gasteiger partial charge in [0.2, 0.25) is 0 Å². The van der Waals surface area contributed by atoms with Crippen molar-refractivity contribution >= 4 is 5.91 Å². The van der Waals surface area contributed by atoms with Crippen LogP contribution in [0.4, 0.5) is 0 Å². The largest absolute Gasteiger partial charge is 0.334 e. The molecule has 4 rings (SSSR count). The fourth-order valence-corrected chi connectivity index (χ4v) is 3.06. The molecule has 9 nitrogen and oxygen atoms in total. The van der Waals surface area contributed by atoms with Gasteiger partial charge in [-0.25, -0.2) is 9.67 Å². The first-order chi connectivity index (χ1) is 12.2. The number of hydrogen-bond donors (Lipinski definition) is 1. The number of benzene rings is 1. The molecule has 25 heavy (non-hydrogen) atoms. The second kappa shape index (κ2) is 6.27. The van der Waals surface area contributed by atoms with Crippen molar-refractivity contribution in [1.82, 2.24) is 35.1 Å². The van der Waals surface area contributed by atoms with Crippen LogP contribution in [0.15, 0.2) is 47.8 Å². The molecule has 0 unspecified atom stereocenters. The minimum Gasteiger partial charge on any atom is -0.334 e. The Bertz CT molecular complexity index is 937. The highest BCUT2D eigenvalue weighted by Crippen LogP contribution is 2.23. The molecule has 1 N–H and O–H groups in total. The van der Waals surface area contributed by atoms with E-state index in [-0.39, 0.29) is 11.5 Å². The summed E-state index contributed by atoms with van der Waals surface area (Å²) in [6, 6.07) is 8.70. The van der Waals surface area contributed by atoms with Gasteiger partial charge in [-0.1, -0.05) is 30.3 Å². The highest BCUT2D eigenvalue weighted by Gasteiger charge is 2.31. The zero-order chi connectivity index (χ0) is 17.2. The third-order valence-corrected chi connectivity index (χ3v) is 4.30. The summed E-state index contributed by atoms with van der Waals surface area (Å²) in [5.41, 5.74) is 1.93. The predicted octanol–water partition coefficient (Wildman–Crippen LogP) is -0.0693. The monoisotopic (exact) mass is 337 g/mol. The van der Waals surface area contributed by atoms with Gasteiger partial charge in [-0.2, -0.15) is 0 Å². The van der Waals surface area contributed by atoms with Gasteiger partial charge >= 0.3 is 0 Å². The summed E-state index contributed by atoms with van der Waals surface area (Å²) in [5.74, 6) is -0.133. The number of amides is 1. The molecule has 9 heteroatoms. The van der Waals surface area contributed by atoms with E-state index >= 15 is 0 Å². The molecule has 1 aliphatic heterocycles. The molecule has 0 saturated carbocycles. The summed E-state index contributed by atoms with van der Waals surface area (Å²) in [6.07, 6.45) is 3.27. The van der Waals surface area contributed by atoms with Crippen LogP contribution in [0.25, 0.3) is 0 Å². The lowest BCUT2D eigenvalue weighted by Gasteiger charge is -2.30. The van der Waals surface area contributed by atoms with Crippen LogP contribution in [-0.2, 0) is 17.8 Å². The van der Waals surface area contributed by atoms with Gasteiger partial charge in [0, 0.05) is 12.1 Å². The van der Waals surface area contributed by atoms with Crippen LogP contribution >= 0.6 is 0 Å². The smallest absolute Gasteiger partial charge is 0.254 e. The number of fused-ring (bicyclic) bond motifs is 1. The Morgan fingerprint density at radius 1 is 1.24 bits per heavy atom. The Balaban J connectivity index is 1.67. The van der Waals surface area contributed by atoms with Gasteiger partial charge < -0.3 is 9.88 Å². The number of carbonyl (C=O) groups is 1. The van der Waals surface area contributed by atoms with Crippen LogP contribution in [0.2, 0.25) is 0 Å². The van der Waals surface area contributed by atoms with E-state index in [0.717, 1.165) is 5.56 Å². The van der Waals surface area contributed by atoms with Crippen LogP contribution in [0, 0.1) is 0 Å². The molecular formula is C16H15N7O2. The quantitative estimate of drug-likeness (QED) is 0.716. The standard InChI is InChI=1S/C16H15N7O2/c24-15-12-6-7-22(8-13(12)17-9-18-15)16(25)14(23-10-19-20-21-23)11-4-2-1-3-5-11/h1-5,9-10,14H,6-8H2,(H,17,18,24)/t14-/m0/s1. The van der Waals surface area contributed by atoms with E-state index in [2.05, 4.69) is 25.5 Å². The maximum atomic E-state index is 13.2. The zero-order valence-corrected chi connectivity index (χ0v) is 13.2. The molecule has 0 radical (unpaired) electrons. The molecule has 0 aliphatic carbocycles. The zero-order valence-electron chi connectivity index (χ0n) is 13.2. The van der Waals surface area contributed by atoms with Crippen LogP contribution in [0.3, 0.4) is 0 Å². The Labute approximate surface area is 142 Å². The molecule has 1 atom stereocenters. The second-order valence-electron chi connectivity index (χ2n) is 5.77. The SMILES string of the molecule is O=C([C@H](c1ccccc1)n1cnnn1)N1CCc2c(nc[nH]c2=O)C1. The maximum Gasteiger partial charge on any atom is 0.254 e. The minimum absolute atomic E-state index is 0.133. The molecule has 3 aromatic rings. The second-order valence-corrected chi connectivity index (χ2v) is 5.77. The topological polar surface area (TPSA) is 110 Å². The number of tetrazole rings is 1. The van der Waals surface area contributed by atoms with Crippen molar-refractivity contribution in [3.05, 3.63) is 70.2 Å². The average Bonchev–Trinajstić information content (AvgIpc) is 3.17. The average molecular weight is 337 g/mol. The Hall–Kier alpha value is -3.36. The lowest BCUT2D eigenvalue weighted by molar-refractivity contribution is -0.134. The molecule has 1 aliphatic rings. The summed E-state index contributed by atoms with van der Waals surface area (Å²) in [6.45, 7) is 0.746. The van der Waals surface area contributed by atoms with Crippen LogP contribution < -0.4 is 5.56 Å². The van der Waals surface area contributed by atoms with Crippen LogP contribution in [-0.4, -0.2) is 47.5 Å². The number of carbonyl (C=O) groups excluding carboxylic acids is 1. The van der Waals surface area contributed by atoms with Crippen molar-refractivity contribution in [3.8, 4) is 0 Å². The van der Waals surface area contributed by atoms with E-state index in [1.165, 1.54) is 17.3 Å². The molecule has 0 bridgehead atoms. The predicted molar refractivity (Wildman–Crippen MR) is 86.4 cm³/mol. The van der Waals surface area contributed by atoms with Crippen molar-refractivity contribution in [2.45, 2.75) is 19.0 Å². The van der Waals surface area contributed by atoms with Crippen molar-refractivity contribution in [2.24, 2.45) is 0 Å². The van der Waals surface area contributed by atoms with E-state index in [0.29, 0.717) is 30.8 Å². The number of nitrogens with zero attached hydrogens (tertiary/aromatic N) is 6. The molecule has 1 aromatic carbocycles. The van der Waals surface area contributed by atoms with Gasteiger partial charge in [0.15, 0.2) is 6.04 Å². The van der Waals surface area contributed by atoms with Gasteiger partial charge in [0.1, 0.15) is 6.33 Å². The van der Waals surface area contributed by atoms with Crippen LogP contribution in [0.1, 0.15) is 22.9 Å². The minimum atomic E-state index is -0.653. The molecule has 1 amide bonds. The molecule has 126 valence electrons. The normalized spacial score (nSPS) is 14.8. The molecule has 0 spiro atoms. The van der Waals surface area contributed by atoms with E-state index in [9.17, 15) is 9.59 Å². The number of H-pyrrole nitrogens is 1.